The summed E-state index contributed by atoms with van der Waals surface area (Å²) in [5.41, 5.74) is 4.97. The number of amides is 1. The van der Waals surface area contributed by atoms with Crippen molar-refractivity contribution in [1.29, 1.82) is 0 Å². The molecule has 0 saturated carbocycles. The van der Waals surface area contributed by atoms with E-state index < -0.39 is 0 Å². The lowest BCUT2D eigenvalue weighted by atomic mass is 10.1. The molecule has 0 bridgehead atoms. The van der Waals surface area contributed by atoms with Gasteiger partial charge >= 0.3 is 0 Å². The molecule has 0 atom stereocenters. The van der Waals surface area contributed by atoms with E-state index in [4.69, 9.17) is 4.74 Å². The average molecular weight is 470 g/mol. The number of aryl methyl sites for hydroxylation is 1. The molecule has 132 valence electrons. The molecule has 0 aromatic heterocycles. The Hall–Kier alpha value is -1.86. The molecule has 7 heteroatoms. The Balaban J connectivity index is 1.99. The van der Waals surface area contributed by atoms with E-state index in [1.54, 1.807) is 24.3 Å². The first-order valence-electron chi connectivity index (χ1n) is 7.64. The van der Waals surface area contributed by atoms with Crippen molar-refractivity contribution < 1.29 is 14.6 Å². The van der Waals surface area contributed by atoms with Crippen molar-refractivity contribution >= 4 is 43.5 Å². The fourth-order valence-corrected chi connectivity index (χ4v) is 3.73. The van der Waals surface area contributed by atoms with Gasteiger partial charge in [0, 0.05) is 4.47 Å². The van der Waals surface area contributed by atoms with Crippen LogP contribution < -0.4 is 10.2 Å². The van der Waals surface area contributed by atoms with Gasteiger partial charge in [-0.2, -0.15) is 5.10 Å². The molecule has 0 unspecified atom stereocenters. The van der Waals surface area contributed by atoms with Gasteiger partial charge < -0.3 is 9.84 Å². The first kappa shape index (κ1) is 19.5. The van der Waals surface area contributed by atoms with Gasteiger partial charge in [0.15, 0.2) is 6.61 Å². The molecular formula is C18H18Br2N2O3. The van der Waals surface area contributed by atoms with Gasteiger partial charge in [-0.15, -0.1) is 0 Å². The van der Waals surface area contributed by atoms with E-state index in [9.17, 15) is 9.90 Å². The van der Waals surface area contributed by atoms with E-state index in [0.29, 0.717) is 17.9 Å². The van der Waals surface area contributed by atoms with Crippen LogP contribution >= 0.6 is 31.9 Å². The van der Waals surface area contributed by atoms with Crippen molar-refractivity contribution in [2.75, 3.05) is 6.61 Å². The maximum Gasteiger partial charge on any atom is 0.277 e. The molecule has 5 nitrogen and oxygen atoms in total. The quantitative estimate of drug-likeness (QED) is 0.482. The molecule has 2 aromatic carbocycles. The standard InChI is InChI=1S/C18H18Br2N2O3/c1-3-16(12-4-6-14(23)7-5-12)21-22-17(24)10-25-18-11(2)8-13(19)9-15(18)20/h4-9,23H,3,10H2,1-2H3,(H,22,24). The topological polar surface area (TPSA) is 70.9 Å². The maximum atomic E-state index is 12.0. The smallest absolute Gasteiger partial charge is 0.277 e. The summed E-state index contributed by atoms with van der Waals surface area (Å²) in [6.45, 7) is 3.70. The molecule has 0 aliphatic heterocycles. The van der Waals surface area contributed by atoms with Crippen molar-refractivity contribution in [2.45, 2.75) is 20.3 Å². The molecule has 0 heterocycles. The molecule has 0 fully saturated rings. The zero-order valence-electron chi connectivity index (χ0n) is 13.8. The van der Waals surface area contributed by atoms with Crippen LogP contribution in [0.2, 0.25) is 0 Å². The van der Waals surface area contributed by atoms with E-state index in [1.807, 2.05) is 26.0 Å². The lowest BCUT2D eigenvalue weighted by molar-refractivity contribution is -0.123. The van der Waals surface area contributed by atoms with Crippen molar-refractivity contribution in [3.8, 4) is 11.5 Å². The first-order chi connectivity index (χ1) is 11.9. The molecule has 0 radical (unpaired) electrons. The lowest BCUT2D eigenvalue weighted by Gasteiger charge is -2.11. The number of carbonyl (C=O) groups excluding carboxylic acids is 1. The number of carbonyl (C=O) groups is 1. The minimum Gasteiger partial charge on any atom is -0.508 e. The van der Waals surface area contributed by atoms with Gasteiger partial charge in [0.05, 0.1) is 10.2 Å². The summed E-state index contributed by atoms with van der Waals surface area (Å²) in [4.78, 5) is 12.0. The number of rotatable bonds is 6. The van der Waals surface area contributed by atoms with Crippen LogP contribution in [0.4, 0.5) is 0 Å². The van der Waals surface area contributed by atoms with E-state index in [2.05, 4.69) is 42.4 Å². The van der Waals surface area contributed by atoms with Gasteiger partial charge in [-0.25, -0.2) is 5.43 Å². The predicted molar refractivity (Wildman–Crippen MR) is 105 cm³/mol. The van der Waals surface area contributed by atoms with E-state index in [1.165, 1.54) is 0 Å². The minimum absolute atomic E-state index is 0.142. The molecule has 2 N–H and O–H groups in total. The second-order valence-corrected chi connectivity index (χ2v) is 7.09. The second kappa shape index (κ2) is 9.01. The highest BCUT2D eigenvalue weighted by Crippen LogP contribution is 2.32. The summed E-state index contributed by atoms with van der Waals surface area (Å²) >= 11 is 6.83. The number of aromatic hydroxyl groups is 1. The zero-order valence-corrected chi connectivity index (χ0v) is 17.0. The average Bonchev–Trinajstić information content (AvgIpc) is 2.56. The second-order valence-electron chi connectivity index (χ2n) is 5.32. The molecule has 25 heavy (non-hydrogen) atoms. The molecular weight excluding hydrogens is 452 g/mol. The van der Waals surface area contributed by atoms with Gasteiger partial charge in [0.1, 0.15) is 11.5 Å². The maximum absolute atomic E-state index is 12.0. The van der Waals surface area contributed by atoms with E-state index in [-0.39, 0.29) is 18.3 Å². The largest absolute Gasteiger partial charge is 0.508 e. The van der Waals surface area contributed by atoms with Crippen LogP contribution in [0.3, 0.4) is 0 Å². The number of nitrogens with one attached hydrogen (secondary N) is 1. The van der Waals surface area contributed by atoms with Crippen LogP contribution in [-0.2, 0) is 4.79 Å². The number of benzene rings is 2. The monoisotopic (exact) mass is 468 g/mol. The number of phenols is 1. The Morgan fingerprint density at radius 2 is 1.92 bits per heavy atom. The van der Waals surface area contributed by atoms with Gasteiger partial charge in [-0.1, -0.05) is 22.9 Å². The number of phenolic OH excluding ortho intramolecular Hbond substituents is 1. The molecule has 0 spiro atoms. The van der Waals surface area contributed by atoms with Crippen LogP contribution in [0.15, 0.2) is 50.4 Å². The fourth-order valence-electron chi connectivity index (χ4n) is 2.17. The summed E-state index contributed by atoms with van der Waals surface area (Å²) in [7, 11) is 0. The van der Waals surface area contributed by atoms with Crippen molar-refractivity contribution in [3.63, 3.8) is 0 Å². The highest BCUT2D eigenvalue weighted by molar-refractivity contribution is 9.11. The third kappa shape index (κ3) is 5.57. The van der Waals surface area contributed by atoms with Crippen molar-refractivity contribution in [3.05, 3.63) is 56.5 Å². The van der Waals surface area contributed by atoms with Gasteiger partial charge in [0.2, 0.25) is 0 Å². The molecule has 2 aromatic rings. The number of nitrogens with zero attached hydrogens (tertiary/aromatic N) is 1. The summed E-state index contributed by atoms with van der Waals surface area (Å²) < 4.78 is 7.29. The van der Waals surface area contributed by atoms with Crippen molar-refractivity contribution in [2.24, 2.45) is 5.10 Å². The van der Waals surface area contributed by atoms with Crippen molar-refractivity contribution in [1.82, 2.24) is 5.43 Å². The Bertz CT molecular complexity index is 766. The molecule has 1 amide bonds. The Kier molecular flexibility index (Phi) is 7.01. The van der Waals surface area contributed by atoms with Gasteiger partial charge in [-0.3, -0.25) is 4.79 Å². The first-order valence-corrected chi connectivity index (χ1v) is 9.22. The third-order valence-electron chi connectivity index (χ3n) is 3.39. The third-order valence-corrected chi connectivity index (χ3v) is 4.44. The number of ether oxygens (including phenoxy) is 1. The SMILES string of the molecule is CCC(=NNC(=O)COc1c(C)cc(Br)cc1Br)c1ccc(O)cc1. The number of hydrogen-bond acceptors (Lipinski definition) is 4. The van der Waals surface area contributed by atoms with Gasteiger partial charge in [-0.05, 0) is 76.8 Å². The predicted octanol–water partition coefficient (Wildman–Crippen LogP) is 4.53. The number of halogens is 2. The van der Waals surface area contributed by atoms with Crippen LogP contribution in [0, 0.1) is 6.92 Å². The van der Waals surface area contributed by atoms with Crippen LogP contribution in [-0.4, -0.2) is 23.3 Å². The zero-order chi connectivity index (χ0) is 18.4. The van der Waals surface area contributed by atoms with Gasteiger partial charge in [0.25, 0.3) is 5.91 Å². The molecule has 0 aliphatic carbocycles. The number of hydrazone groups is 1. The number of hydrogen-bond donors (Lipinski definition) is 2. The summed E-state index contributed by atoms with van der Waals surface area (Å²) in [6.07, 6.45) is 0.642. The Labute approximate surface area is 163 Å². The highest BCUT2D eigenvalue weighted by atomic mass is 79.9. The van der Waals surface area contributed by atoms with E-state index >= 15 is 0 Å². The van der Waals surface area contributed by atoms with Crippen LogP contribution in [0.1, 0.15) is 24.5 Å². The summed E-state index contributed by atoms with van der Waals surface area (Å²) in [6, 6.07) is 10.4. The lowest BCUT2D eigenvalue weighted by Crippen LogP contribution is -2.26. The normalized spacial score (nSPS) is 11.3. The highest BCUT2D eigenvalue weighted by Gasteiger charge is 2.10. The summed E-state index contributed by atoms with van der Waals surface area (Å²) in [5, 5.41) is 13.5. The van der Waals surface area contributed by atoms with Crippen LogP contribution in [0.25, 0.3) is 0 Å². The molecule has 0 saturated heterocycles. The summed E-state index contributed by atoms with van der Waals surface area (Å²) in [5.74, 6) is 0.461. The Morgan fingerprint density at radius 3 is 2.52 bits per heavy atom. The van der Waals surface area contributed by atoms with Crippen LogP contribution in [0.5, 0.6) is 11.5 Å². The van der Waals surface area contributed by atoms with E-state index in [0.717, 1.165) is 20.1 Å². The Morgan fingerprint density at radius 1 is 1.24 bits per heavy atom. The molecule has 2 rings (SSSR count). The fraction of sp³-hybridized carbons (Fsp3) is 0.222. The molecule has 0 aliphatic rings. The minimum atomic E-state index is -0.348.